The Hall–Kier alpha value is -1.58. The smallest absolute Gasteiger partial charge is 0.176 e. The van der Waals surface area contributed by atoms with Gasteiger partial charge in [-0.05, 0) is 6.07 Å². The quantitative estimate of drug-likeness (QED) is 0.521. The molecular formula is C6H7N3O. The van der Waals surface area contributed by atoms with Gasteiger partial charge < -0.3 is 15.3 Å². The van der Waals surface area contributed by atoms with E-state index in [0.29, 0.717) is 11.3 Å². The maximum atomic E-state index is 9.10. The normalized spacial score (nSPS) is 10.8. The van der Waals surface area contributed by atoms with E-state index < -0.39 is 0 Å². The van der Waals surface area contributed by atoms with Crippen LogP contribution in [0.3, 0.4) is 0 Å². The summed E-state index contributed by atoms with van der Waals surface area (Å²) in [6.07, 6.45) is 5.05. The van der Waals surface area contributed by atoms with Gasteiger partial charge in [-0.15, -0.1) is 0 Å². The number of aromatic nitrogens is 2. The van der Waals surface area contributed by atoms with Gasteiger partial charge in [-0.25, -0.2) is 0 Å². The summed E-state index contributed by atoms with van der Waals surface area (Å²) in [5.74, 6) is 0. The molecule has 52 valence electrons. The number of nitrogen functional groups attached to an aromatic ring is 1. The molecule has 0 aliphatic carbocycles. The molecule has 2 heterocycles. The second-order valence-electron chi connectivity index (χ2n) is 2.14. The Bertz CT molecular complexity index is 328. The molecule has 0 spiro atoms. The zero-order valence-electron chi connectivity index (χ0n) is 5.23. The van der Waals surface area contributed by atoms with E-state index in [4.69, 9.17) is 10.9 Å². The SMILES string of the molecule is Nc1ccn2ccn(O)c12. The molecule has 3 N–H and O–H groups in total. The largest absolute Gasteiger partial charge is 0.427 e. The first-order chi connectivity index (χ1) is 4.79. The van der Waals surface area contributed by atoms with E-state index in [1.54, 1.807) is 22.9 Å². The van der Waals surface area contributed by atoms with Crippen LogP contribution in [0.1, 0.15) is 0 Å². The van der Waals surface area contributed by atoms with Gasteiger partial charge in [0.15, 0.2) is 5.65 Å². The molecule has 0 aliphatic rings. The van der Waals surface area contributed by atoms with Crippen LogP contribution >= 0.6 is 0 Å². The molecule has 2 aromatic heterocycles. The third kappa shape index (κ3) is 0.452. The number of imidazole rings is 1. The minimum Gasteiger partial charge on any atom is -0.427 e. The van der Waals surface area contributed by atoms with Gasteiger partial charge >= 0.3 is 0 Å². The Balaban J connectivity index is 2.98. The first kappa shape index (κ1) is 5.22. The molecule has 2 rings (SSSR count). The summed E-state index contributed by atoms with van der Waals surface area (Å²) < 4.78 is 2.74. The van der Waals surface area contributed by atoms with Crippen molar-refractivity contribution < 1.29 is 5.21 Å². The molecule has 0 aliphatic heterocycles. The summed E-state index contributed by atoms with van der Waals surface area (Å²) in [7, 11) is 0. The molecule has 0 fully saturated rings. The van der Waals surface area contributed by atoms with Crippen molar-refractivity contribution in [1.82, 2.24) is 9.13 Å². The predicted octanol–water partition coefficient (Wildman–Crippen LogP) is 0.560. The van der Waals surface area contributed by atoms with Crippen LogP contribution in [0.4, 0.5) is 5.69 Å². The predicted molar refractivity (Wildman–Crippen MR) is 37.0 cm³/mol. The van der Waals surface area contributed by atoms with E-state index in [9.17, 15) is 0 Å². The number of rotatable bonds is 0. The van der Waals surface area contributed by atoms with Gasteiger partial charge in [0.25, 0.3) is 0 Å². The topological polar surface area (TPSA) is 55.6 Å². The average molecular weight is 137 g/mol. The fraction of sp³-hybridized carbons (Fsp3) is 0. The number of nitrogens with two attached hydrogens (primary N) is 1. The third-order valence-corrected chi connectivity index (χ3v) is 1.50. The van der Waals surface area contributed by atoms with Crippen molar-refractivity contribution in [3.63, 3.8) is 0 Å². The van der Waals surface area contributed by atoms with Crippen molar-refractivity contribution in [3.05, 3.63) is 24.7 Å². The van der Waals surface area contributed by atoms with Crippen molar-refractivity contribution in [2.24, 2.45) is 0 Å². The fourth-order valence-corrected chi connectivity index (χ4v) is 1.03. The van der Waals surface area contributed by atoms with E-state index in [2.05, 4.69) is 0 Å². The van der Waals surface area contributed by atoms with Gasteiger partial charge in [-0.1, -0.05) is 0 Å². The van der Waals surface area contributed by atoms with Crippen LogP contribution in [0.15, 0.2) is 24.7 Å². The lowest BCUT2D eigenvalue weighted by Gasteiger charge is -1.90. The lowest BCUT2D eigenvalue weighted by molar-refractivity contribution is 0.199. The molecule has 10 heavy (non-hydrogen) atoms. The molecule has 0 bridgehead atoms. The van der Waals surface area contributed by atoms with Gasteiger partial charge in [0.1, 0.15) is 0 Å². The van der Waals surface area contributed by atoms with Gasteiger partial charge in [0.2, 0.25) is 0 Å². The van der Waals surface area contributed by atoms with Gasteiger partial charge in [0, 0.05) is 12.4 Å². The summed E-state index contributed by atoms with van der Waals surface area (Å²) in [6.45, 7) is 0. The Morgan fingerprint density at radius 2 is 2.10 bits per heavy atom. The van der Waals surface area contributed by atoms with Crippen LogP contribution in [0.5, 0.6) is 0 Å². The molecule has 0 radical (unpaired) electrons. The summed E-state index contributed by atoms with van der Waals surface area (Å²) in [5.41, 5.74) is 6.71. The van der Waals surface area contributed by atoms with Crippen molar-refractivity contribution >= 4 is 11.3 Å². The number of hydrogen-bond donors (Lipinski definition) is 2. The Morgan fingerprint density at radius 3 is 2.80 bits per heavy atom. The van der Waals surface area contributed by atoms with Crippen molar-refractivity contribution in [2.45, 2.75) is 0 Å². The molecular weight excluding hydrogens is 130 g/mol. The lowest BCUT2D eigenvalue weighted by atomic mass is 10.5. The number of fused-ring (bicyclic) bond motifs is 1. The minimum atomic E-state index is 0.576. The van der Waals surface area contributed by atoms with Gasteiger partial charge in [-0.3, -0.25) is 0 Å². The highest BCUT2D eigenvalue weighted by Crippen LogP contribution is 2.13. The van der Waals surface area contributed by atoms with Gasteiger partial charge in [-0.2, -0.15) is 4.73 Å². The van der Waals surface area contributed by atoms with Crippen molar-refractivity contribution in [3.8, 4) is 0 Å². The van der Waals surface area contributed by atoms with Crippen LogP contribution in [0.25, 0.3) is 5.65 Å². The van der Waals surface area contributed by atoms with E-state index in [0.717, 1.165) is 4.73 Å². The first-order valence-corrected chi connectivity index (χ1v) is 2.92. The van der Waals surface area contributed by atoms with Crippen LogP contribution < -0.4 is 5.73 Å². The van der Waals surface area contributed by atoms with Gasteiger partial charge in [0.05, 0.1) is 11.9 Å². The van der Waals surface area contributed by atoms with Crippen LogP contribution in [-0.2, 0) is 0 Å². The van der Waals surface area contributed by atoms with Crippen molar-refractivity contribution in [1.29, 1.82) is 0 Å². The van der Waals surface area contributed by atoms with E-state index in [1.807, 2.05) is 0 Å². The molecule has 0 aromatic carbocycles. The molecule has 0 saturated carbocycles. The zero-order valence-corrected chi connectivity index (χ0v) is 5.23. The Morgan fingerprint density at radius 1 is 1.30 bits per heavy atom. The van der Waals surface area contributed by atoms with Crippen molar-refractivity contribution in [2.75, 3.05) is 5.73 Å². The van der Waals surface area contributed by atoms with E-state index in [1.165, 1.54) is 6.20 Å². The second-order valence-corrected chi connectivity index (χ2v) is 2.14. The maximum Gasteiger partial charge on any atom is 0.176 e. The molecule has 0 unspecified atom stereocenters. The molecule has 2 aromatic rings. The highest BCUT2D eigenvalue weighted by atomic mass is 16.5. The Labute approximate surface area is 57.1 Å². The summed E-state index contributed by atoms with van der Waals surface area (Å²) in [4.78, 5) is 0. The lowest BCUT2D eigenvalue weighted by Crippen LogP contribution is -1.91. The summed E-state index contributed by atoms with van der Waals surface area (Å²) >= 11 is 0. The fourth-order valence-electron chi connectivity index (χ4n) is 1.03. The summed E-state index contributed by atoms with van der Waals surface area (Å²) in [5, 5.41) is 9.10. The van der Waals surface area contributed by atoms with Crippen LogP contribution in [0.2, 0.25) is 0 Å². The second kappa shape index (κ2) is 1.47. The highest BCUT2D eigenvalue weighted by Gasteiger charge is 2.01. The number of nitrogens with zero attached hydrogens (tertiary/aromatic N) is 2. The minimum absolute atomic E-state index is 0.576. The number of anilines is 1. The van der Waals surface area contributed by atoms with Crippen LogP contribution in [-0.4, -0.2) is 14.3 Å². The highest BCUT2D eigenvalue weighted by molar-refractivity contribution is 5.65. The maximum absolute atomic E-state index is 9.10. The standard InChI is InChI=1S/C6H7N3O/c7-5-1-2-8-3-4-9(10)6(5)8/h1-4,10H,7H2. The molecule has 0 atom stereocenters. The van der Waals surface area contributed by atoms with Crippen LogP contribution in [0, 0.1) is 0 Å². The van der Waals surface area contributed by atoms with E-state index >= 15 is 0 Å². The number of hydrogen-bond acceptors (Lipinski definition) is 2. The Kier molecular flexibility index (Phi) is 0.768. The average Bonchev–Trinajstić information content (AvgIpc) is 2.40. The first-order valence-electron chi connectivity index (χ1n) is 2.92. The zero-order chi connectivity index (χ0) is 7.14. The van der Waals surface area contributed by atoms with E-state index in [-0.39, 0.29) is 0 Å². The summed E-state index contributed by atoms with van der Waals surface area (Å²) in [6, 6.07) is 1.74. The molecule has 4 nitrogen and oxygen atoms in total. The monoisotopic (exact) mass is 137 g/mol. The molecule has 4 heteroatoms. The molecule has 0 saturated heterocycles. The third-order valence-electron chi connectivity index (χ3n) is 1.50. The molecule has 0 amide bonds.